The number of hydrogen-bond donors (Lipinski definition) is 0. The highest BCUT2D eigenvalue weighted by Gasteiger charge is 1.97. The van der Waals surface area contributed by atoms with E-state index in [1.807, 2.05) is 48.5 Å². The fourth-order valence-corrected chi connectivity index (χ4v) is 1.68. The van der Waals surface area contributed by atoms with E-state index in [2.05, 4.69) is 0 Å². The van der Waals surface area contributed by atoms with Crippen LogP contribution in [0.5, 0.6) is 0 Å². The van der Waals surface area contributed by atoms with Gasteiger partial charge in [0, 0.05) is 10.6 Å². The van der Waals surface area contributed by atoms with Crippen molar-refractivity contribution in [3.05, 3.63) is 70.2 Å². The van der Waals surface area contributed by atoms with Crippen LogP contribution in [0, 0.1) is 0 Å². The van der Waals surface area contributed by atoms with E-state index < -0.39 is 0 Å². The normalized spacial score (nSPS) is 10.1. The highest BCUT2D eigenvalue weighted by atomic mass is 35.5. The van der Waals surface area contributed by atoms with E-state index >= 15 is 0 Å². The quantitative estimate of drug-likeness (QED) is 0.734. The molecule has 2 heteroatoms. The zero-order valence-electron chi connectivity index (χ0n) is 8.69. The molecule has 2 aromatic carbocycles. The highest BCUT2D eigenvalue weighted by Crippen LogP contribution is 2.13. The van der Waals surface area contributed by atoms with Crippen LogP contribution >= 0.6 is 11.6 Å². The molecule has 0 aliphatic carbocycles. The molecule has 1 nitrogen and oxygen atoms in total. The molecule has 0 aliphatic rings. The van der Waals surface area contributed by atoms with Crippen LogP contribution in [0.4, 0.5) is 0 Å². The van der Waals surface area contributed by atoms with Gasteiger partial charge < -0.3 is 0 Å². The van der Waals surface area contributed by atoms with Crippen molar-refractivity contribution < 1.29 is 4.79 Å². The molecule has 0 unspecified atom stereocenters. The molecule has 0 aromatic heterocycles. The number of halogens is 1. The van der Waals surface area contributed by atoms with Crippen molar-refractivity contribution in [2.45, 2.75) is 6.42 Å². The molecule has 0 spiro atoms. The maximum Gasteiger partial charge on any atom is 0.150 e. The van der Waals surface area contributed by atoms with E-state index in [9.17, 15) is 4.79 Å². The molecule has 2 aromatic rings. The van der Waals surface area contributed by atoms with Crippen LogP contribution in [-0.2, 0) is 6.42 Å². The number of benzene rings is 2. The molecular weight excluding hydrogens is 220 g/mol. The molecule has 16 heavy (non-hydrogen) atoms. The van der Waals surface area contributed by atoms with Gasteiger partial charge in [0.05, 0.1) is 0 Å². The van der Waals surface area contributed by atoms with E-state index in [1.54, 1.807) is 0 Å². The van der Waals surface area contributed by atoms with Crippen LogP contribution in [-0.4, -0.2) is 6.29 Å². The third-order valence-electron chi connectivity index (χ3n) is 2.44. The molecule has 0 saturated carbocycles. The highest BCUT2D eigenvalue weighted by molar-refractivity contribution is 6.30. The van der Waals surface area contributed by atoms with Gasteiger partial charge in [0.1, 0.15) is 6.29 Å². The zero-order valence-corrected chi connectivity index (χ0v) is 9.45. The summed E-state index contributed by atoms with van der Waals surface area (Å²) in [5.41, 5.74) is 3.11. The molecular formula is C14H11ClO. The average molecular weight is 231 g/mol. The molecule has 0 amide bonds. The van der Waals surface area contributed by atoms with Gasteiger partial charge in [0.15, 0.2) is 0 Å². The van der Waals surface area contributed by atoms with E-state index in [0.29, 0.717) is 5.56 Å². The standard InChI is InChI=1S/C14H11ClO/c15-14-7-5-12(6-8-14)9-11-1-3-13(10-16)4-2-11/h1-8,10H,9H2. The van der Waals surface area contributed by atoms with Crippen molar-refractivity contribution in [1.29, 1.82) is 0 Å². The van der Waals surface area contributed by atoms with Gasteiger partial charge in [-0.05, 0) is 29.7 Å². The first-order chi connectivity index (χ1) is 7.78. The Morgan fingerprint density at radius 1 is 0.875 bits per heavy atom. The van der Waals surface area contributed by atoms with Crippen molar-refractivity contribution in [2.24, 2.45) is 0 Å². The minimum atomic E-state index is 0.708. The van der Waals surface area contributed by atoms with Crippen LogP contribution < -0.4 is 0 Å². The van der Waals surface area contributed by atoms with Gasteiger partial charge in [0.2, 0.25) is 0 Å². The second-order valence-corrected chi connectivity index (χ2v) is 4.10. The van der Waals surface area contributed by atoms with Gasteiger partial charge in [-0.25, -0.2) is 0 Å². The summed E-state index contributed by atoms with van der Waals surface area (Å²) in [6, 6.07) is 15.4. The van der Waals surface area contributed by atoms with Crippen molar-refractivity contribution >= 4 is 17.9 Å². The Hall–Kier alpha value is -1.60. The van der Waals surface area contributed by atoms with Gasteiger partial charge in [0.25, 0.3) is 0 Å². The Morgan fingerprint density at radius 2 is 1.38 bits per heavy atom. The number of hydrogen-bond acceptors (Lipinski definition) is 1. The Morgan fingerprint density at radius 3 is 1.88 bits per heavy atom. The summed E-state index contributed by atoms with van der Waals surface area (Å²) in [5, 5.41) is 0.750. The number of aldehydes is 1. The number of rotatable bonds is 3. The van der Waals surface area contributed by atoms with Crippen LogP contribution in [0.2, 0.25) is 5.02 Å². The minimum Gasteiger partial charge on any atom is -0.298 e. The number of carbonyl (C=O) groups excluding carboxylic acids is 1. The Bertz CT molecular complexity index is 471. The van der Waals surface area contributed by atoms with E-state index in [0.717, 1.165) is 17.7 Å². The smallest absolute Gasteiger partial charge is 0.150 e. The first-order valence-electron chi connectivity index (χ1n) is 5.06. The first-order valence-corrected chi connectivity index (χ1v) is 5.44. The molecule has 2 rings (SSSR count). The lowest BCUT2D eigenvalue weighted by Gasteiger charge is -2.02. The maximum atomic E-state index is 10.5. The number of carbonyl (C=O) groups is 1. The second kappa shape index (κ2) is 4.95. The van der Waals surface area contributed by atoms with Gasteiger partial charge in [-0.15, -0.1) is 0 Å². The molecule has 0 saturated heterocycles. The van der Waals surface area contributed by atoms with Crippen LogP contribution in [0.1, 0.15) is 21.5 Å². The summed E-state index contributed by atoms with van der Waals surface area (Å²) < 4.78 is 0. The second-order valence-electron chi connectivity index (χ2n) is 3.66. The van der Waals surface area contributed by atoms with Gasteiger partial charge >= 0.3 is 0 Å². The summed E-state index contributed by atoms with van der Waals surface area (Å²) in [6.07, 6.45) is 1.71. The van der Waals surface area contributed by atoms with E-state index in [4.69, 9.17) is 11.6 Å². The lowest BCUT2D eigenvalue weighted by molar-refractivity contribution is 0.112. The molecule has 0 atom stereocenters. The first kappa shape index (κ1) is 10.9. The molecule has 0 bridgehead atoms. The topological polar surface area (TPSA) is 17.1 Å². The third kappa shape index (κ3) is 2.71. The predicted octanol–water partition coefficient (Wildman–Crippen LogP) is 3.74. The zero-order chi connectivity index (χ0) is 11.4. The van der Waals surface area contributed by atoms with Crippen molar-refractivity contribution in [3.63, 3.8) is 0 Å². The average Bonchev–Trinajstić information content (AvgIpc) is 2.33. The van der Waals surface area contributed by atoms with Crippen LogP contribution in [0.25, 0.3) is 0 Å². The van der Waals surface area contributed by atoms with E-state index in [-0.39, 0.29) is 0 Å². The minimum absolute atomic E-state index is 0.708. The monoisotopic (exact) mass is 230 g/mol. The van der Waals surface area contributed by atoms with Crippen molar-refractivity contribution in [1.82, 2.24) is 0 Å². The summed E-state index contributed by atoms with van der Waals surface area (Å²) in [5.74, 6) is 0. The van der Waals surface area contributed by atoms with E-state index in [1.165, 1.54) is 11.1 Å². The van der Waals surface area contributed by atoms with Crippen molar-refractivity contribution in [2.75, 3.05) is 0 Å². The predicted molar refractivity (Wildman–Crippen MR) is 66.1 cm³/mol. The summed E-state index contributed by atoms with van der Waals surface area (Å²) in [4.78, 5) is 10.5. The Balaban J connectivity index is 2.14. The van der Waals surface area contributed by atoms with Crippen LogP contribution in [0.3, 0.4) is 0 Å². The summed E-state index contributed by atoms with van der Waals surface area (Å²) in [6.45, 7) is 0. The summed E-state index contributed by atoms with van der Waals surface area (Å²) in [7, 11) is 0. The lowest BCUT2D eigenvalue weighted by atomic mass is 10.0. The Labute approximate surface area is 99.7 Å². The largest absolute Gasteiger partial charge is 0.298 e. The van der Waals surface area contributed by atoms with Crippen LogP contribution in [0.15, 0.2) is 48.5 Å². The van der Waals surface area contributed by atoms with Gasteiger partial charge in [-0.3, -0.25) is 4.79 Å². The molecule has 0 aliphatic heterocycles. The molecule has 0 radical (unpaired) electrons. The van der Waals surface area contributed by atoms with Gasteiger partial charge in [-0.2, -0.15) is 0 Å². The molecule has 0 N–H and O–H groups in total. The molecule has 0 fully saturated rings. The van der Waals surface area contributed by atoms with Crippen molar-refractivity contribution in [3.8, 4) is 0 Å². The third-order valence-corrected chi connectivity index (χ3v) is 2.69. The fraction of sp³-hybridized carbons (Fsp3) is 0.0714. The SMILES string of the molecule is O=Cc1ccc(Cc2ccc(Cl)cc2)cc1. The van der Waals surface area contributed by atoms with Gasteiger partial charge in [-0.1, -0.05) is 48.0 Å². The Kier molecular flexibility index (Phi) is 3.37. The fourth-order valence-electron chi connectivity index (χ4n) is 1.55. The lowest BCUT2D eigenvalue weighted by Crippen LogP contribution is -1.88. The summed E-state index contributed by atoms with van der Waals surface area (Å²) >= 11 is 5.82. The molecule has 0 heterocycles. The molecule has 80 valence electrons. The maximum absolute atomic E-state index is 10.5.